The van der Waals surface area contributed by atoms with Crippen LogP contribution in [0.3, 0.4) is 0 Å². The van der Waals surface area contributed by atoms with Gasteiger partial charge in [-0.15, -0.1) is 0 Å². The van der Waals surface area contributed by atoms with Crippen molar-refractivity contribution in [1.82, 2.24) is 4.57 Å². The molecule has 0 atom stereocenters. The van der Waals surface area contributed by atoms with Crippen molar-refractivity contribution in [3.63, 3.8) is 0 Å². The van der Waals surface area contributed by atoms with Crippen LogP contribution in [0, 0.1) is 0 Å². The lowest BCUT2D eigenvalue weighted by Crippen LogP contribution is -2.10. The Morgan fingerprint density at radius 2 is 0.707 bits per heavy atom. The van der Waals surface area contributed by atoms with E-state index in [1.54, 1.807) is 0 Å². The third-order valence-electron chi connectivity index (χ3n) is 7.63. The standard InChI is InChI=1S/C39H27NO/c41-39-33-20-10-12-22-35(33)40(36-23-13-11-21-34(36)39)32-26-24-31(25-27-32)38(30-18-8-3-9-19-30)37(28-14-4-1-5-15-28)29-16-6-2-7-17-29/h1-27H. The molecular formula is C39H27NO. The van der Waals surface area contributed by atoms with Crippen LogP contribution in [0.25, 0.3) is 38.6 Å². The van der Waals surface area contributed by atoms with Gasteiger partial charge in [-0.05, 0) is 69.8 Å². The monoisotopic (exact) mass is 525 g/mol. The van der Waals surface area contributed by atoms with E-state index < -0.39 is 0 Å². The predicted octanol–water partition coefficient (Wildman–Crippen LogP) is 9.15. The van der Waals surface area contributed by atoms with Crippen molar-refractivity contribution in [3.8, 4) is 5.69 Å². The molecular weight excluding hydrogens is 498 g/mol. The molecule has 2 nitrogen and oxygen atoms in total. The van der Waals surface area contributed by atoms with Gasteiger partial charge in [-0.1, -0.05) is 127 Å². The van der Waals surface area contributed by atoms with Crippen molar-refractivity contribution in [3.05, 3.63) is 196 Å². The molecule has 1 aromatic heterocycles. The van der Waals surface area contributed by atoms with Gasteiger partial charge in [0.05, 0.1) is 11.0 Å². The van der Waals surface area contributed by atoms with E-state index in [1.165, 1.54) is 22.3 Å². The molecule has 2 heteroatoms. The SMILES string of the molecule is O=c1c2ccccc2n(-c2ccc(C(=C(c3ccccc3)c3ccccc3)c3ccccc3)cc2)c2ccccc12. The molecule has 41 heavy (non-hydrogen) atoms. The quantitative estimate of drug-likeness (QED) is 0.162. The normalized spacial score (nSPS) is 11.0. The smallest absolute Gasteiger partial charge is 0.197 e. The molecule has 0 N–H and O–H groups in total. The van der Waals surface area contributed by atoms with Crippen molar-refractivity contribution in [2.45, 2.75) is 0 Å². The molecule has 194 valence electrons. The number of rotatable bonds is 5. The molecule has 0 bridgehead atoms. The molecule has 0 radical (unpaired) electrons. The maximum atomic E-state index is 13.3. The van der Waals surface area contributed by atoms with E-state index in [9.17, 15) is 4.79 Å². The van der Waals surface area contributed by atoms with Crippen molar-refractivity contribution in [1.29, 1.82) is 0 Å². The highest BCUT2D eigenvalue weighted by atomic mass is 16.1. The third kappa shape index (κ3) is 4.46. The fourth-order valence-electron chi connectivity index (χ4n) is 5.78. The van der Waals surface area contributed by atoms with Gasteiger partial charge in [-0.25, -0.2) is 0 Å². The van der Waals surface area contributed by atoms with Crippen LogP contribution in [-0.2, 0) is 0 Å². The number of pyridine rings is 1. The topological polar surface area (TPSA) is 22.0 Å². The van der Waals surface area contributed by atoms with Gasteiger partial charge in [0.15, 0.2) is 5.43 Å². The summed E-state index contributed by atoms with van der Waals surface area (Å²) in [5.41, 5.74) is 9.84. The van der Waals surface area contributed by atoms with Gasteiger partial charge in [-0.3, -0.25) is 4.79 Å². The first-order valence-electron chi connectivity index (χ1n) is 13.8. The molecule has 0 fully saturated rings. The van der Waals surface area contributed by atoms with Crippen LogP contribution in [0.1, 0.15) is 22.3 Å². The molecule has 1 heterocycles. The highest BCUT2D eigenvalue weighted by Gasteiger charge is 2.17. The molecule has 0 amide bonds. The summed E-state index contributed by atoms with van der Waals surface area (Å²) in [4.78, 5) is 13.3. The molecule has 0 saturated carbocycles. The zero-order valence-corrected chi connectivity index (χ0v) is 22.4. The summed E-state index contributed by atoms with van der Waals surface area (Å²) in [7, 11) is 0. The minimum absolute atomic E-state index is 0.0636. The summed E-state index contributed by atoms with van der Waals surface area (Å²) in [5, 5.41) is 1.44. The second-order valence-corrected chi connectivity index (χ2v) is 10.1. The minimum Gasteiger partial charge on any atom is -0.309 e. The zero-order chi connectivity index (χ0) is 27.6. The van der Waals surface area contributed by atoms with Crippen LogP contribution >= 0.6 is 0 Å². The summed E-state index contributed by atoms with van der Waals surface area (Å²) in [6, 6.07) is 56.2. The predicted molar refractivity (Wildman–Crippen MR) is 171 cm³/mol. The van der Waals surface area contributed by atoms with E-state index in [0.29, 0.717) is 0 Å². The van der Waals surface area contributed by atoms with Gasteiger partial charge in [0.25, 0.3) is 0 Å². The van der Waals surface area contributed by atoms with E-state index in [1.807, 2.05) is 48.5 Å². The molecule has 6 aromatic carbocycles. The Bertz CT molecular complexity index is 1970. The van der Waals surface area contributed by atoms with Crippen molar-refractivity contribution in [2.75, 3.05) is 0 Å². The molecule has 0 unspecified atom stereocenters. The molecule has 7 rings (SSSR count). The van der Waals surface area contributed by atoms with Crippen LogP contribution in [-0.4, -0.2) is 4.57 Å². The Labute approximate surface area is 239 Å². The van der Waals surface area contributed by atoms with E-state index in [-0.39, 0.29) is 5.43 Å². The Balaban J connectivity index is 1.49. The van der Waals surface area contributed by atoms with Gasteiger partial charge < -0.3 is 4.57 Å². The average Bonchev–Trinajstić information content (AvgIpc) is 3.05. The largest absolute Gasteiger partial charge is 0.309 e. The van der Waals surface area contributed by atoms with Crippen LogP contribution in [0.5, 0.6) is 0 Å². The molecule has 0 spiro atoms. The summed E-state index contributed by atoms with van der Waals surface area (Å²) in [6.45, 7) is 0. The van der Waals surface area contributed by atoms with Crippen LogP contribution in [0.15, 0.2) is 169 Å². The van der Waals surface area contributed by atoms with Gasteiger partial charge in [-0.2, -0.15) is 0 Å². The first-order chi connectivity index (χ1) is 20.3. The van der Waals surface area contributed by atoms with E-state index in [2.05, 4.69) is 120 Å². The molecule has 0 aliphatic rings. The molecule has 0 saturated heterocycles. The van der Waals surface area contributed by atoms with Gasteiger partial charge >= 0.3 is 0 Å². The average molecular weight is 526 g/mol. The van der Waals surface area contributed by atoms with Gasteiger partial charge in [0.2, 0.25) is 0 Å². The summed E-state index contributed by atoms with van der Waals surface area (Å²) >= 11 is 0. The van der Waals surface area contributed by atoms with Gasteiger partial charge in [0, 0.05) is 16.5 Å². The van der Waals surface area contributed by atoms with Crippen LogP contribution in [0.4, 0.5) is 0 Å². The Morgan fingerprint density at radius 1 is 0.366 bits per heavy atom. The van der Waals surface area contributed by atoms with Crippen LogP contribution < -0.4 is 5.43 Å². The molecule has 7 aromatic rings. The minimum atomic E-state index is 0.0636. The Hall–Kier alpha value is -5.47. The van der Waals surface area contributed by atoms with Crippen molar-refractivity contribution >= 4 is 33.0 Å². The van der Waals surface area contributed by atoms with Crippen LogP contribution in [0.2, 0.25) is 0 Å². The first kappa shape index (κ1) is 24.6. The van der Waals surface area contributed by atoms with Crippen molar-refractivity contribution in [2.24, 2.45) is 0 Å². The number of hydrogen-bond donors (Lipinski definition) is 0. The van der Waals surface area contributed by atoms with Crippen molar-refractivity contribution < 1.29 is 0 Å². The molecule has 0 aliphatic heterocycles. The summed E-state index contributed by atoms with van der Waals surface area (Å²) < 4.78 is 2.19. The second kappa shape index (κ2) is 10.6. The zero-order valence-electron chi connectivity index (χ0n) is 22.4. The fraction of sp³-hybridized carbons (Fsp3) is 0. The summed E-state index contributed by atoms with van der Waals surface area (Å²) in [5.74, 6) is 0. The van der Waals surface area contributed by atoms with E-state index in [0.717, 1.165) is 38.6 Å². The third-order valence-corrected chi connectivity index (χ3v) is 7.63. The van der Waals surface area contributed by atoms with E-state index in [4.69, 9.17) is 0 Å². The maximum Gasteiger partial charge on any atom is 0.197 e. The molecule has 0 aliphatic carbocycles. The lowest BCUT2D eigenvalue weighted by molar-refractivity contribution is 1.16. The number of fused-ring (bicyclic) bond motifs is 2. The number of benzene rings is 6. The lowest BCUT2D eigenvalue weighted by Gasteiger charge is -2.19. The Morgan fingerprint density at radius 3 is 1.12 bits per heavy atom. The first-order valence-corrected chi connectivity index (χ1v) is 13.8. The highest BCUT2D eigenvalue weighted by Crippen LogP contribution is 2.37. The number of para-hydroxylation sites is 2. The summed E-state index contributed by atoms with van der Waals surface area (Å²) in [6.07, 6.45) is 0. The fourth-order valence-corrected chi connectivity index (χ4v) is 5.78. The second-order valence-electron chi connectivity index (χ2n) is 10.1. The number of hydrogen-bond acceptors (Lipinski definition) is 1. The van der Waals surface area contributed by atoms with E-state index >= 15 is 0 Å². The van der Waals surface area contributed by atoms with Gasteiger partial charge in [0.1, 0.15) is 0 Å². The lowest BCUT2D eigenvalue weighted by atomic mass is 9.86. The number of aromatic nitrogens is 1. The number of nitrogens with zero attached hydrogens (tertiary/aromatic N) is 1. The Kier molecular flexibility index (Phi) is 6.35. The highest BCUT2D eigenvalue weighted by molar-refractivity contribution is 6.04. The maximum absolute atomic E-state index is 13.3.